The maximum Gasteiger partial charge on any atom is 0.418 e. The van der Waals surface area contributed by atoms with Crippen LogP contribution in [-0.4, -0.2) is 45.3 Å². The molecule has 1 aliphatic rings. The molecule has 0 radical (unpaired) electrons. The number of nitrogens with zero attached hydrogens (tertiary/aromatic N) is 3. The molecule has 0 saturated carbocycles. The predicted molar refractivity (Wildman–Crippen MR) is 119 cm³/mol. The van der Waals surface area contributed by atoms with Crippen molar-refractivity contribution in [2.75, 3.05) is 18.4 Å². The first-order chi connectivity index (χ1) is 15.7. The lowest BCUT2D eigenvalue weighted by Crippen LogP contribution is -2.37. The second kappa shape index (κ2) is 10.9. The van der Waals surface area contributed by atoms with Crippen molar-refractivity contribution in [2.45, 2.75) is 70.2 Å². The van der Waals surface area contributed by atoms with E-state index < -0.39 is 23.9 Å². The number of alkyl halides is 3. The molecule has 0 bridgehead atoms. The number of guanidine groups is 1. The van der Waals surface area contributed by atoms with Crippen LogP contribution in [0.3, 0.4) is 0 Å². The van der Waals surface area contributed by atoms with Gasteiger partial charge in [-0.1, -0.05) is 44.2 Å². The lowest BCUT2D eigenvalue weighted by atomic mass is 10.1. The van der Waals surface area contributed by atoms with E-state index in [9.17, 15) is 18.3 Å². The van der Waals surface area contributed by atoms with E-state index in [4.69, 9.17) is 15.7 Å². The Morgan fingerprint density at radius 2 is 2.00 bits per heavy atom. The maximum absolute atomic E-state index is 13.7. The third kappa shape index (κ3) is 6.16. The van der Waals surface area contributed by atoms with Crippen molar-refractivity contribution in [2.24, 2.45) is 5.73 Å². The summed E-state index contributed by atoms with van der Waals surface area (Å²) >= 11 is 0. The Hall–Kier alpha value is -2.82. The van der Waals surface area contributed by atoms with Gasteiger partial charge in [0.25, 0.3) is 5.89 Å². The first kappa shape index (κ1) is 24.8. The van der Waals surface area contributed by atoms with Gasteiger partial charge in [0.05, 0.1) is 11.7 Å². The summed E-state index contributed by atoms with van der Waals surface area (Å²) in [5, 5.41) is 24.5. The second-order valence-electron chi connectivity index (χ2n) is 8.29. The highest BCUT2D eigenvalue weighted by molar-refractivity contribution is 5.75. The zero-order chi connectivity index (χ0) is 24.0. The van der Waals surface area contributed by atoms with Crippen LogP contribution < -0.4 is 11.1 Å². The van der Waals surface area contributed by atoms with Crippen LogP contribution in [0.15, 0.2) is 22.7 Å². The zero-order valence-electron chi connectivity index (χ0n) is 18.7. The number of hydrogen-bond acceptors (Lipinski definition) is 6. The van der Waals surface area contributed by atoms with Crippen LogP contribution in [-0.2, 0) is 6.18 Å². The number of nitrogens with one attached hydrogen (secondary N) is 2. The molecule has 1 aromatic carbocycles. The number of aliphatic hydroxyl groups excluding tert-OH is 1. The highest BCUT2D eigenvalue weighted by Crippen LogP contribution is 2.38. The molecule has 0 unspecified atom stereocenters. The minimum atomic E-state index is -4.56. The van der Waals surface area contributed by atoms with Gasteiger partial charge in [-0.25, -0.2) is 0 Å². The Morgan fingerprint density at radius 3 is 2.70 bits per heavy atom. The molecule has 3 rings (SSSR count). The number of aromatic nitrogens is 2. The first-order valence-electron chi connectivity index (χ1n) is 11.3. The van der Waals surface area contributed by atoms with Gasteiger partial charge < -0.3 is 25.6 Å². The molecule has 11 heteroatoms. The molecule has 8 nitrogen and oxygen atoms in total. The lowest BCUT2D eigenvalue weighted by molar-refractivity contribution is -0.136. The van der Waals surface area contributed by atoms with Gasteiger partial charge in [0, 0.05) is 24.3 Å². The number of halogens is 3. The number of likely N-dealkylation sites (tertiary alicyclic amines) is 1. The number of rotatable bonds is 10. The quantitative estimate of drug-likeness (QED) is 0.229. The molecular formula is C22H31F3N6O2. The summed E-state index contributed by atoms with van der Waals surface area (Å²) in [7, 11) is 0. The molecule has 5 N–H and O–H groups in total. The van der Waals surface area contributed by atoms with Crippen LogP contribution in [0.25, 0.3) is 11.4 Å². The fraction of sp³-hybridized carbons (Fsp3) is 0.591. The number of nitrogens with two attached hydrogens (primary N) is 1. The van der Waals surface area contributed by atoms with E-state index in [1.165, 1.54) is 23.5 Å². The average Bonchev–Trinajstić information content (AvgIpc) is 3.39. The van der Waals surface area contributed by atoms with Gasteiger partial charge in [-0.3, -0.25) is 5.41 Å². The Bertz CT molecular complexity index is 933. The molecule has 1 aliphatic heterocycles. The van der Waals surface area contributed by atoms with E-state index in [0.717, 1.165) is 38.2 Å². The largest absolute Gasteiger partial charge is 0.418 e. The van der Waals surface area contributed by atoms with Gasteiger partial charge in [-0.05, 0) is 31.0 Å². The Balaban J connectivity index is 1.73. The van der Waals surface area contributed by atoms with Crippen LogP contribution in [0.2, 0.25) is 0 Å². The Morgan fingerprint density at radius 1 is 1.27 bits per heavy atom. The molecule has 0 amide bonds. The summed E-state index contributed by atoms with van der Waals surface area (Å²) in [5.74, 6) is -0.277. The van der Waals surface area contributed by atoms with Crippen LogP contribution in [0.4, 0.5) is 18.9 Å². The number of benzene rings is 1. The Kier molecular flexibility index (Phi) is 8.17. The fourth-order valence-corrected chi connectivity index (χ4v) is 4.02. The third-order valence-electron chi connectivity index (χ3n) is 5.80. The summed E-state index contributed by atoms with van der Waals surface area (Å²) < 4.78 is 46.4. The molecular weight excluding hydrogens is 437 g/mol. The average molecular weight is 469 g/mol. The van der Waals surface area contributed by atoms with E-state index in [0.29, 0.717) is 19.5 Å². The summed E-state index contributed by atoms with van der Waals surface area (Å²) in [6.45, 7) is 2.94. The smallest absolute Gasteiger partial charge is 0.390 e. The molecule has 2 heterocycles. The molecule has 0 spiro atoms. The van der Waals surface area contributed by atoms with Crippen molar-refractivity contribution in [1.82, 2.24) is 15.0 Å². The number of hydrogen-bond donors (Lipinski definition) is 4. The first-order valence-corrected chi connectivity index (χ1v) is 11.3. The van der Waals surface area contributed by atoms with Gasteiger partial charge in [-0.15, -0.1) is 0 Å². The van der Waals surface area contributed by atoms with E-state index in [1.54, 1.807) is 0 Å². The van der Waals surface area contributed by atoms with Crippen molar-refractivity contribution in [3.8, 4) is 11.4 Å². The van der Waals surface area contributed by atoms with E-state index in [2.05, 4.69) is 22.4 Å². The highest BCUT2D eigenvalue weighted by atomic mass is 19.4. The fourth-order valence-electron chi connectivity index (χ4n) is 4.02. The van der Waals surface area contributed by atoms with E-state index >= 15 is 0 Å². The zero-order valence-corrected chi connectivity index (χ0v) is 18.7. The summed E-state index contributed by atoms with van der Waals surface area (Å²) in [4.78, 5) is 5.60. The molecule has 182 valence electrons. The lowest BCUT2D eigenvalue weighted by Gasteiger charge is -2.22. The predicted octanol–water partition coefficient (Wildman–Crippen LogP) is 4.53. The minimum absolute atomic E-state index is 0.00373. The monoisotopic (exact) mass is 468 g/mol. The molecule has 0 aliphatic carbocycles. The van der Waals surface area contributed by atoms with Crippen molar-refractivity contribution in [1.29, 1.82) is 5.41 Å². The van der Waals surface area contributed by atoms with Gasteiger partial charge in [0.15, 0.2) is 5.96 Å². The molecule has 2 atom stereocenters. The van der Waals surface area contributed by atoms with Crippen molar-refractivity contribution in [3.63, 3.8) is 0 Å². The van der Waals surface area contributed by atoms with Crippen LogP contribution in [0.1, 0.15) is 69.4 Å². The van der Waals surface area contributed by atoms with E-state index in [1.807, 2.05) is 0 Å². The summed E-state index contributed by atoms with van der Waals surface area (Å²) in [6.07, 6.45) is 1.26. The van der Waals surface area contributed by atoms with Gasteiger partial charge in [-0.2, -0.15) is 18.2 Å². The summed E-state index contributed by atoms with van der Waals surface area (Å²) in [5.41, 5.74) is 4.90. The molecule has 1 fully saturated rings. The van der Waals surface area contributed by atoms with Gasteiger partial charge in [0.1, 0.15) is 6.04 Å². The number of unbranched alkanes of at least 4 members (excludes halogenated alkanes) is 5. The van der Waals surface area contributed by atoms with E-state index in [-0.39, 0.29) is 28.9 Å². The maximum atomic E-state index is 13.7. The van der Waals surface area contributed by atoms with Crippen molar-refractivity contribution >= 4 is 11.6 Å². The van der Waals surface area contributed by atoms with Gasteiger partial charge >= 0.3 is 6.18 Å². The molecule has 1 saturated heterocycles. The SMILES string of the molecule is CCCCCCCCNc1ccc(-c2noc([C@@H]3[C@H](O)CCN3C(=N)N)n2)cc1C(F)(F)F. The minimum Gasteiger partial charge on any atom is -0.390 e. The number of aliphatic hydroxyl groups is 1. The van der Waals surface area contributed by atoms with Crippen LogP contribution in [0.5, 0.6) is 0 Å². The van der Waals surface area contributed by atoms with Crippen LogP contribution >= 0.6 is 0 Å². The second-order valence-corrected chi connectivity index (χ2v) is 8.29. The standard InChI is InChI=1S/C22H31F3N6O2/c1-2-3-4-5-6-7-11-28-16-9-8-14(13-15(16)22(23,24)25)19-29-20(33-30-19)18-17(32)10-12-31(18)21(26)27/h8-9,13,17-18,28,32H,2-7,10-12H2,1H3,(H3,26,27)/t17-,18+/m1/s1. The number of anilines is 1. The summed E-state index contributed by atoms with van der Waals surface area (Å²) in [6, 6.07) is 3.06. The topological polar surface area (TPSA) is 124 Å². The van der Waals surface area contributed by atoms with Gasteiger partial charge in [0.2, 0.25) is 5.82 Å². The molecule has 1 aromatic heterocycles. The highest BCUT2D eigenvalue weighted by Gasteiger charge is 2.39. The Labute approximate surface area is 190 Å². The van der Waals surface area contributed by atoms with Crippen molar-refractivity contribution < 1.29 is 22.8 Å². The molecule has 2 aromatic rings. The molecule has 33 heavy (non-hydrogen) atoms. The van der Waals surface area contributed by atoms with Crippen molar-refractivity contribution in [3.05, 3.63) is 29.7 Å². The van der Waals surface area contributed by atoms with Crippen LogP contribution in [0, 0.1) is 5.41 Å². The third-order valence-corrected chi connectivity index (χ3v) is 5.80. The normalized spacial score (nSPS) is 18.6.